The Labute approximate surface area is 194 Å². The van der Waals surface area contributed by atoms with Crippen LogP contribution in [0, 0.1) is 5.92 Å². The number of hydrogen-bond acceptors (Lipinski definition) is 1. The van der Waals surface area contributed by atoms with Crippen LogP contribution >= 0.6 is 0 Å². The minimum atomic E-state index is 0.563. The zero-order valence-corrected chi connectivity index (χ0v) is 19.8. The second-order valence-corrected chi connectivity index (χ2v) is 9.59. The van der Waals surface area contributed by atoms with E-state index in [-0.39, 0.29) is 0 Å². The van der Waals surface area contributed by atoms with Gasteiger partial charge in [-0.3, -0.25) is 0 Å². The second-order valence-electron chi connectivity index (χ2n) is 9.59. The molecule has 1 aliphatic carbocycles. The van der Waals surface area contributed by atoms with Gasteiger partial charge in [-0.25, -0.2) is 0 Å². The van der Waals surface area contributed by atoms with Crippen molar-refractivity contribution in [1.82, 2.24) is 0 Å². The predicted octanol–water partition coefficient (Wildman–Crippen LogP) is 8.34. The van der Waals surface area contributed by atoms with E-state index in [1.807, 2.05) is 6.92 Å². The lowest BCUT2D eigenvalue weighted by Gasteiger charge is -2.29. The lowest BCUT2D eigenvalue weighted by molar-refractivity contribution is 0.310. The van der Waals surface area contributed by atoms with Gasteiger partial charge in [0.1, 0.15) is 5.75 Å². The summed E-state index contributed by atoms with van der Waals surface area (Å²) in [4.78, 5) is 0. The van der Waals surface area contributed by atoms with Crippen LogP contribution in [0.4, 0.5) is 0 Å². The predicted molar refractivity (Wildman–Crippen MR) is 136 cm³/mol. The van der Waals surface area contributed by atoms with Crippen LogP contribution in [0.15, 0.2) is 78.9 Å². The van der Waals surface area contributed by atoms with Crippen molar-refractivity contribution in [2.45, 2.75) is 70.6 Å². The molecule has 0 heterocycles. The molecule has 1 heteroatoms. The highest BCUT2D eigenvalue weighted by Crippen LogP contribution is 2.37. The Balaban J connectivity index is 1.22. The van der Waals surface area contributed by atoms with Crippen LogP contribution < -0.4 is 4.74 Å². The average Bonchev–Trinajstić information content (AvgIpc) is 2.85. The van der Waals surface area contributed by atoms with Gasteiger partial charge < -0.3 is 4.74 Å². The third kappa shape index (κ3) is 6.25. The van der Waals surface area contributed by atoms with Crippen LogP contribution in [0.3, 0.4) is 0 Å². The highest BCUT2D eigenvalue weighted by atomic mass is 16.5. The van der Waals surface area contributed by atoms with Crippen molar-refractivity contribution in [3.05, 3.63) is 101 Å². The van der Waals surface area contributed by atoms with E-state index >= 15 is 0 Å². The fraction of sp³-hybridized carbons (Fsp3) is 0.419. The Kier molecular flexibility index (Phi) is 8.04. The first kappa shape index (κ1) is 22.6. The molecule has 1 fully saturated rings. The maximum Gasteiger partial charge on any atom is 0.119 e. The number of aryl methyl sites for hydroxylation is 1. The van der Waals surface area contributed by atoms with Gasteiger partial charge in [0.25, 0.3) is 0 Å². The molecule has 1 atom stereocenters. The molecule has 3 aromatic rings. The lowest BCUT2D eigenvalue weighted by atomic mass is 9.76. The zero-order chi connectivity index (χ0) is 22.2. The molecular weight excluding hydrogens is 388 g/mol. The summed E-state index contributed by atoms with van der Waals surface area (Å²) in [5.74, 6) is 3.17. The molecule has 0 unspecified atom stereocenters. The monoisotopic (exact) mass is 426 g/mol. The largest absolute Gasteiger partial charge is 0.494 e. The van der Waals surface area contributed by atoms with Crippen LogP contribution in [0.5, 0.6) is 5.75 Å². The van der Waals surface area contributed by atoms with E-state index in [0.29, 0.717) is 5.92 Å². The maximum atomic E-state index is 5.56. The van der Waals surface area contributed by atoms with E-state index in [0.717, 1.165) is 30.6 Å². The van der Waals surface area contributed by atoms with Gasteiger partial charge in [0.2, 0.25) is 0 Å². The molecule has 1 saturated carbocycles. The topological polar surface area (TPSA) is 9.23 Å². The molecule has 1 aliphatic rings. The molecule has 0 aromatic heterocycles. The van der Waals surface area contributed by atoms with E-state index in [1.54, 1.807) is 5.56 Å². The summed E-state index contributed by atoms with van der Waals surface area (Å²) in [6.45, 7) is 5.10. The van der Waals surface area contributed by atoms with Crippen LogP contribution in [0.1, 0.15) is 80.0 Å². The highest BCUT2D eigenvalue weighted by Gasteiger charge is 2.22. The smallest absolute Gasteiger partial charge is 0.119 e. The molecule has 0 radical (unpaired) electrons. The minimum absolute atomic E-state index is 0.563. The van der Waals surface area contributed by atoms with Gasteiger partial charge in [-0.15, -0.1) is 0 Å². The summed E-state index contributed by atoms with van der Waals surface area (Å²) < 4.78 is 5.56. The fourth-order valence-corrected chi connectivity index (χ4v) is 5.25. The normalized spacial score (nSPS) is 19.4. The van der Waals surface area contributed by atoms with Crippen molar-refractivity contribution in [3.8, 4) is 5.75 Å². The SMILES string of the molecule is CCOc1ccc(CCC2CCC(c3ccc(C[C@@H](C)c4ccccc4)cc3)CC2)cc1. The summed E-state index contributed by atoms with van der Waals surface area (Å²) in [5.41, 5.74) is 5.87. The van der Waals surface area contributed by atoms with Gasteiger partial charge in [-0.05, 0) is 104 Å². The van der Waals surface area contributed by atoms with Crippen molar-refractivity contribution in [3.63, 3.8) is 0 Å². The van der Waals surface area contributed by atoms with Gasteiger partial charge in [0, 0.05) is 0 Å². The Morgan fingerprint density at radius 3 is 2.09 bits per heavy atom. The molecule has 0 amide bonds. The van der Waals surface area contributed by atoms with Crippen LogP contribution in [0.2, 0.25) is 0 Å². The van der Waals surface area contributed by atoms with Gasteiger partial charge in [-0.1, -0.05) is 73.7 Å². The molecule has 0 saturated heterocycles. The summed E-state index contributed by atoms with van der Waals surface area (Å²) in [5, 5.41) is 0. The molecule has 0 aliphatic heterocycles. The first-order valence-corrected chi connectivity index (χ1v) is 12.6. The Morgan fingerprint density at radius 2 is 1.44 bits per heavy atom. The third-order valence-electron chi connectivity index (χ3n) is 7.28. The second kappa shape index (κ2) is 11.4. The maximum absolute atomic E-state index is 5.56. The van der Waals surface area contributed by atoms with Crippen LogP contribution in [-0.2, 0) is 12.8 Å². The Hall–Kier alpha value is -2.54. The zero-order valence-electron chi connectivity index (χ0n) is 19.8. The number of rotatable bonds is 9. The molecule has 3 aromatic carbocycles. The van der Waals surface area contributed by atoms with Gasteiger partial charge in [-0.2, -0.15) is 0 Å². The van der Waals surface area contributed by atoms with Crippen molar-refractivity contribution in [2.75, 3.05) is 6.61 Å². The third-order valence-corrected chi connectivity index (χ3v) is 7.28. The van der Waals surface area contributed by atoms with Crippen LogP contribution in [-0.4, -0.2) is 6.61 Å². The van der Waals surface area contributed by atoms with Gasteiger partial charge in [0.05, 0.1) is 6.61 Å². The van der Waals surface area contributed by atoms with E-state index in [1.165, 1.54) is 55.2 Å². The lowest BCUT2D eigenvalue weighted by Crippen LogP contribution is -2.14. The van der Waals surface area contributed by atoms with Crippen molar-refractivity contribution >= 4 is 0 Å². The average molecular weight is 427 g/mol. The molecule has 1 nitrogen and oxygen atoms in total. The standard InChI is InChI=1S/C31H38O/c1-3-32-31-21-15-26(16-22-31)10-9-25-11-17-29(18-12-25)30-19-13-27(14-20-30)23-24(2)28-7-5-4-6-8-28/h4-8,13-16,19-22,24-25,29H,3,9-12,17-18,23H2,1-2H3/t24-,25?,29?/m1/s1. The summed E-state index contributed by atoms with van der Waals surface area (Å²) >= 11 is 0. The molecule has 0 bridgehead atoms. The molecule has 0 spiro atoms. The quantitative estimate of drug-likeness (QED) is 0.334. The van der Waals surface area contributed by atoms with Crippen molar-refractivity contribution < 1.29 is 4.74 Å². The fourth-order valence-electron chi connectivity index (χ4n) is 5.25. The number of ether oxygens (including phenoxy) is 1. The molecular formula is C31H38O. The highest BCUT2D eigenvalue weighted by molar-refractivity contribution is 5.29. The van der Waals surface area contributed by atoms with Gasteiger partial charge in [0.15, 0.2) is 0 Å². The summed E-state index contributed by atoms with van der Waals surface area (Å²) in [7, 11) is 0. The van der Waals surface area contributed by atoms with Crippen molar-refractivity contribution in [2.24, 2.45) is 5.92 Å². The summed E-state index contributed by atoms with van der Waals surface area (Å²) in [6.07, 6.45) is 9.04. The Morgan fingerprint density at radius 1 is 0.781 bits per heavy atom. The Bertz CT molecular complexity index is 918. The molecule has 4 rings (SSSR count). The van der Waals surface area contributed by atoms with Crippen molar-refractivity contribution in [1.29, 1.82) is 0 Å². The number of hydrogen-bond donors (Lipinski definition) is 0. The van der Waals surface area contributed by atoms with Gasteiger partial charge >= 0.3 is 0 Å². The van der Waals surface area contributed by atoms with E-state index < -0.39 is 0 Å². The first-order valence-electron chi connectivity index (χ1n) is 12.6. The summed E-state index contributed by atoms with van der Waals surface area (Å²) in [6, 6.07) is 29.1. The number of benzene rings is 3. The first-order chi connectivity index (χ1) is 15.7. The minimum Gasteiger partial charge on any atom is -0.494 e. The molecule has 168 valence electrons. The van der Waals surface area contributed by atoms with E-state index in [4.69, 9.17) is 4.74 Å². The van der Waals surface area contributed by atoms with E-state index in [2.05, 4.69) is 85.8 Å². The van der Waals surface area contributed by atoms with Crippen LogP contribution in [0.25, 0.3) is 0 Å². The van der Waals surface area contributed by atoms with E-state index in [9.17, 15) is 0 Å². The molecule has 0 N–H and O–H groups in total. The molecule has 32 heavy (non-hydrogen) atoms.